The van der Waals surface area contributed by atoms with Crippen molar-refractivity contribution in [1.29, 1.82) is 0 Å². The van der Waals surface area contributed by atoms with Gasteiger partial charge in [-0.1, -0.05) is 0 Å². The summed E-state index contributed by atoms with van der Waals surface area (Å²) < 4.78 is 27.1. The van der Waals surface area contributed by atoms with Crippen molar-refractivity contribution >= 4 is 23.6 Å². The fourth-order valence-corrected chi connectivity index (χ4v) is 3.09. The van der Waals surface area contributed by atoms with Gasteiger partial charge in [0.2, 0.25) is 12.4 Å². The fraction of sp³-hybridized carbons (Fsp3) is 0.526. The first-order valence-corrected chi connectivity index (χ1v) is 9.25. The van der Waals surface area contributed by atoms with Gasteiger partial charge in [0.1, 0.15) is 5.75 Å². The molecule has 0 radical (unpaired) electrons. The summed E-state index contributed by atoms with van der Waals surface area (Å²) in [6.07, 6.45) is -6.06. The van der Waals surface area contributed by atoms with E-state index >= 15 is 0 Å². The maximum atomic E-state index is 11.7. The molecule has 170 valence electrons. The van der Waals surface area contributed by atoms with E-state index in [1.54, 1.807) is 0 Å². The minimum Gasteiger partial charge on any atom is -0.460 e. The molecule has 0 unspecified atom stereocenters. The second kappa shape index (κ2) is 10.2. The normalized spacial score (nSPS) is 25.3. The highest BCUT2D eigenvalue weighted by Crippen LogP contribution is 2.33. The molecule has 12 heteroatoms. The number of nitro benzene ring substituents is 1. The minimum absolute atomic E-state index is 0.0986. The number of nitrogens with zero attached hydrogens (tertiary/aromatic N) is 1. The Bertz CT molecular complexity index is 855. The van der Waals surface area contributed by atoms with E-state index in [2.05, 4.69) is 0 Å². The predicted molar refractivity (Wildman–Crippen MR) is 101 cm³/mol. The molecule has 1 aromatic rings. The number of non-ortho nitro benzene ring substituents is 1. The predicted octanol–water partition coefficient (Wildman–Crippen LogP) is 1.01. The van der Waals surface area contributed by atoms with Gasteiger partial charge in [0, 0.05) is 32.4 Å². The van der Waals surface area contributed by atoms with Crippen LogP contribution in [0.3, 0.4) is 0 Å². The van der Waals surface area contributed by atoms with E-state index in [1.807, 2.05) is 0 Å². The number of aliphatic hydroxyl groups is 1. The van der Waals surface area contributed by atoms with Gasteiger partial charge in [0.15, 0.2) is 12.2 Å². The summed E-state index contributed by atoms with van der Waals surface area (Å²) in [6, 6.07) is 3.56. The molecule has 1 fully saturated rings. The van der Waals surface area contributed by atoms with Gasteiger partial charge in [0.25, 0.3) is 5.69 Å². The molecule has 1 saturated heterocycles. The lowest BCUT2D eigenvalue weighted by Crippen LogP contribution is -2.62. The Hall–Kier alpha value is -3.25. The van der Waals surface area contributed by atoms with Crippen LogP contribution in [0, 0.1) is 10.1 Å². The maximum Gasteiger partial charge on any atom is 0.303 e. The van der Waals surface area contributed by atoms with Crippen LogP contribution in [0.1, 0.15) is 33.3 Å². The number of carbonyl (C=O) groups is 3. The smallest absolute Gasteiger partial charge is 0.303 e. The monoisotopic (exact) mass is 441 g/mol. The van der Waals surface area contributed by atoms with E-state index in [0.717, 1.165) is 26.8 Å². The lowest BCUT2D eigenvalue weighted by molar-refractivity contribution is -0.385. The molecule has 2 rings (SSSR count). The SMILES string of the molecule is CC(=O)O[C@@H]1[C@@H](OC(C)=O)[C@H](Oc2cc([N+](=O)[O-])ccc2CO)O[C@H](C)[C@H]1OC(C)=O. The molecule has 5 atom stereocenters. The Morgan fingerprint density at radius 1 is 1.03 bits per heavy atom. The van der Waals surface area contributed by atoms with Crippen LogP contribution in [0.2, 0.25) is 0 Å². The molecule has 0 amide bonds. The van der Waals surface area contributed by atoms with Gasteiger partial charge in [-0.05, 0) is 13.0 Å². The number of aliphatic hydroxyl groups excluding tert-OH is 1. The van der Waals surface area contributed by atoms with Crippen molar-refractivity contribution < 1.29 is 48.1 Å². The van der Waals surface area contributed by atoms with Crippen LogP contribution in [0.15, 0.2) is 18.2 Å². The molecular weight excluding hydrogens is 418 g/mol. The quantitative estimate of drug-likeness (QED) is 0.278. The summed E-state index contributed by atoms with van der Waals surface area (Å²) >= 11 is 0. The number of ether oxygens (including phenoxy) is 5. The number of nitro groups is 1. The Balaban J connectivity index is 2.46. The highest BCUT2D eigenvalue weighted by Gasteiger charge is 2.51. The van der Waals surface area contributed by atoms with Gasteiger partial charge in [-0.2, -0.15) is 0 Å². The van der Waals surface area contributed by atoms with E-state index in [0.29, 0.717) is 0 Å². The van der Waals surface area contributed by atoms with Crippen LogP contribution in [0.25, 0.3) is 0 Å². The summed E-state index contributed by atoms with van der Waals surface area (Å²) in [7, 11) is 0. The number of rotatable bonds is 7. The first-order chi connectivity index (χ1) is 14.5. The number of carbonyl (C=O) groups excluding carboxylic acids is 3. The average molecular weight is 441 g/mol. The van der Waals surface area contributed by atoms with Crippen LogP contribution in [0.5, 0.6) is 5.75 Å². The molecule has 1 N–H and O–H groups in total. The van der Waals surface area contributed by atoms with Crippen LogP contribution in [0.4, 0.5) is 5.69 Å². The molecule has 0 bridgehead atoms. The van der Waals surface area contributed by atoms with Crippen LogP contribution in [-0.2, 0) is 39.9 Å². The zero-order valence-electron chi connectivity index (χ0n) is 17.3. The first-order valence-electron chi connectivity index (χ1n) is 9.25. The van der Waals surface area contributed by atoms with Gasteiger partial charge in [-0.3, -0.25) is 24.5 Å². The molecule has 1 aromatic carbocycles. The van der Waals surface area contributed by atoms with Crippen molar-refractivity contribution in [2.75, 3.05) is 0 Å². The van der Waals surface area contributed by atoms with E-state index in [-0.39, 0.29) is 17.0 Å². The zero-order chi connectivity index (χ0) is 23.3. The molecule has 31 heavy (non-hydrogen) atoms. The molecule has 1 aliphatic heterocycles. The van der Waals surface area contributed by atoms with Gasteiger partial charge >= 0.3 is 17.9 Å². The number of hydrogen-bond donors (Lipinski definition) is 1. The van der Waals surface area contributed by atoms with E-state index in [1.165, 1.54) is 19.1 Å². The number of benzene rings is 1. The van der Waals surface area contributed by atoms with Crippen molar-refractivity contribution in [3.8, 4) is 5.75 Å². The Kier molecular flexibility index (Phi) is 7.89. The molecule has 1 aliphatic rings. The first kappa shape index (κ1) is 24.0. The van der Waals surface area contributed by atoms with Crippen LogP contribution < -0.4 is 4.74 Å². The van der Waals surface area contributed by atoms with Gasteiger partial charge in [0.05, 0.1) is 23.7 Å². The zero-order valence-corrected chi connectivity index (χ0v) is 17.3. The van der Waals surface area contributed by atoms with Gasteiger partial charge in [-0.15, -0.1) is 0 Å². The summed E-state index contributed by atoms with van der Waals surface area (Å²) in [5.41, 5.74) is -0.107. The molecule has 0 aromatic heterocycles. The standard InChI is InChI=1S/C19H23NO11/c1-9-16(28-10(2)22)17(29-11(3)23)18(30-12(4)24)19(27-9)31-15-7-14(20(25)26)6-5-13(15)8-21/h5-7,9,16-19,21H,8H2,1-4H3/t9-,16-,17+,18-,19+/m1/s1. The largest absolute Gasteiger partial charge is 0.460 e. The highest BCUT2D eigenvalue weighted by molar-refractivity contribution is 5.68. The Labute approximate surface area is 177 Å². The minimum atomic E-state index is -1.40. The van der Waals surface area contributed by atoms with Crippen molar-refractivity contribution in [2.45, 2.75) is 65.0 Å². The Morgan fingerprint density at radius 2 is 1.58 bits per heavy atom. The van der Waals surface area contributed by atoms with Crippen molar-refractivity contribution in [3.05, 3.63) is 33.9 Å². The molecular formula is C19H23NO11. The molecule has 0 aliphatic carbocycles. The van der Waals surface area contributed by atoms with Crippen LogP contribution in [-0.4, -0.2) is 58.6 Å². The van der Waals surface area contributed by atoms with Crippen molar-refractivity contribution in [2.24, 2.45) is 0 Å². The lowest BCUT2D eigenvalue weighted by atomic mass is 9.98. The fourth-order valence-electron chi connectivity index (χ4n) is 3.09. The third-order valence-electron chi connectivity index (χ3n) is 4.31. The molecule has 0 saturated carbocycles. The topological polar surface area (TPSA) is 161 Å². The molecule has 1 heterocycles. The third kappa shape index (κ3) is 6.12. The van der Waals surface area contributed by atoms with E-state index < -0.39 is 60.1 Å². The van der Waals surface area contributed by atoms with Gasteiger partial charge < -0.3 is 28.8 Å². The Morgan fingerprint density at radius 3 is 2.10 bits per heavy atom. The summed E-state index contributed by atoms with van der Waals surface area (Å²) in [6.45, 7) is 4.39. The summed E-state index contributed by atoms with van der Waals surface area (Å²) in [4.78, 5) is 45.4. The van der Waals surface area contributed by atoms with E-state index in [9.17, 15) is 29.6 Å². The maximum absolute atomic E-state index is 11.7. The van der Waals surface area contributed by atoms with Crippen LogP contribution >= 0.6 is 0 Å². The number of hydrogen-bond acceptors (Lipinski definition) is 11. The number of esters is 3. The van der Waals surface area contributed by atoms with Gasteiger partial charge in [-0.25, -0.2) is 0 Å². The van der Waals surface area contributed by atoms with E-state index in [4.69, 9.17) is 23.7 Å². The lowest BCUT2D eigenvalue weighted by Gasteiger charge is -2.43. The highest BCUT2D eigenvalue weighted by atomic mass is 16.7. The summed E-state index contributed by atoms with van der Waals surface area (Å²) in [5, 5.41) is 20.7. The second-order valence-corrected chi connectivity index (χ2v) is 6.76. The average Bonchev–Trinajstić information content (AvgIpc) is 2.66. The second-order valence-electron chi connectivity index (χ2n) is 6.76. The molecule has 0 spiro atoms. The van der Waals surface area contributed by atoms with Crippen molar-refractivity contribution in [1.82, 2.24) is 0 Å². The third-order valence-corrected chi connectivity index (χ3v) is 4.31. The van der Waals surface area contributed by atoms with Crippen molar-refractivity contribution in [3.63, 3.8) is 0 Å². The molecule has 12 nitrogen and oxygen atoms in total. The summed E-state index contributed by atoms with van der Waals surface area (Å²) in [5.74, 6) is -2.28.